The number of unbranched alkanes of at least 4 members (excludes halogenated alkanes) is 1. The molecule has 2 unspecified atom stereocenters. The fraction of sp³-hybridized carbons (Fsp3) is 0.474. The zero-order chi connectivity index (χ0) is 15.8. The van der Waals surface area contributed by atoms with Gasteiger partial charge in [0.05, 0.1) is 0 Å². The Kier molecular flexibility index (Phi) is 6.38. The number of Topliss-reactive ketones (excluding diaryl/α,β-unsaturated/α-hetero) is 1. The first-order valence-electron chi connectivity index (χ1n) is 8.10. The zero-order valence-corrected chi connectivity index (χ0v) is 12.9. The molecule has 1 aliphatic carbocycles. The van der Waals surface area contributed by atoms with Crippen LogP contribution in [0.5, 0.6) is 0 Å². The zero-order valence-electron chi connectivity index (χ0n) is 12.9. The Morgan fingerprint density at radius 2 is 2.00 bits per heavy atom. The molecule has 1 aromatic rings. The lowest BCUT2D eigenvalue weighted by molar-refractivity contribution is -0.137. The van der Waals surface area contributed by atoms with Crippen molar-refractivity contribution in [3.63, 3.8) is 0 Å². The maximum absolute atomic E-state index is 11.8. The minimum atomic E-state index is -0.733. The number of benzene rings is 1. The maximum atomic E-state index is 11.8. The highest BCUT2D eigenvalue weighted by atomic mass is 16.4. The van der Waals surface area contributed by atoms with E-state index in [-0.39, 0.29) is 6.42 Å². The Morgan fingerprint density at radius 1 is 1.23 bits per heavy atom. The number of carbonyl (C=O) groups excluding carboxylic acids is 1. The second-order valence-corrected chi connectivity index (χ2v) is 6.05. The van der Waals surface area contributed by atoms with E-state index in [9.17, 15) is 9.59 Å². The number of ketones is 1. The van der Waals surface area contributed by atoms with Gasteiger partial charge in [-0.2, -0.15) is 0 Å². The first kappa shape index (κ1) is 16.5. The van der Waals surface area contributed by atoms with Gasteiger partial charge in [0.15, 0.2) is 0 Å². The highest BCUT2D eigenvalue weighted by molar-refractivity contribution is 5.80. The number of carboxylic acid groups (broad SMARTS) is 1. The third-order valence-corrected chi connectivity index (χ3v) is 4.41. The summed E-state index contributed by atoms with van der Waals surface area (Å²) in [6.45, 7) is 0. The largest absolute Gasteiger partial charge is 0.481 e. The van der Waals surface area contributed by atoms with Crippen LogP contribution in [0.4, 0.5) is 0 Å². The van der Waals surface area contributed by atoms with Crippen LogP contribution < -0.4 is 0 Å². The molecule has 22 heavy (non-hydrogen) atoms. The summed E-state index contributed by atoms with van der Waals surface area (Å²) in [7, 11) is 0. The van der Waals surface area contributed by atoms with Crippen molar-refractivity contribution in [3.8, 4) is 0 Å². The van der Waals surface area contributed by atoms with Crippen LogP contribution in [0.2, 0.25) is 0 Å². The predicted octanol–water partition coefficient (Wildman–Crippen LogP) is 4.34. The number of carboxylic acids is 1. The van der Waals surface area contributed by atoms with E-state index in [1.807, 2.05) is 18.2 Å². The average Bonchev–Trinajstić information content (AvgIpc) is 2.52. The van der Waals surface area contributed by atoms with Crippen molar-refractivity contribution in [3.05, 3.63) is 48.0 Å². The molecule has 0 heterocycles. The smallest absolute Gasteiger partial charge is 0.303 e. The lowest BCUT2D eigenvalue weighted by atomic mass is 9.73. The second kappa shape index (κ2) is 8.52. The van der Waals surface area contributed by atoms with Gasteiger partial charge in [0.1, 0.15) is 5.78 Å². The molecule has 0 spiro atoms. The molecule has 0 saturated heterocycles. The molecule has 2 atom stereocenters. The first-order valence-corrected chi connectivity index (χ1v) is 8.10. The van der Waals surface area contributed by atoms with Crippen LogP contribution in [0.25, 0.3) is 0 Å². The van der Waals surface area contributed by atoms with Gasteiger partial charge in [-0.3, -0.25) is 9.59 Å². The fourth-order valence-corrected chi connectivity index (χ4v) is 3.19. The quantitative estimate of drug-likeness (QED) is 0.602. The molecule has 0 radical (unpaired) electrons. The molecule has 1 fully saturated rings. The number of allylic oxidation sites excluding steroid dienone is 2. The third kappa shape index (κ3) is 5.14. The highest BCUT2D eigenvalue weighted by Crippen LogP contribution is 2.38. The molecule has 3 nitrogen and oxygen atoms in total. The van der Waals surface area contributed by atoms with Crippen molar-refractivity contribution in [2.45, 2.75) is 50.9 Å². The molecule has 0 amide bonds. The van der Waals surface area contributed by atoms with E-state index in [0.29, 0.717) is 36.9 Å². The van der Waals surface area contributed by atoms with Gasteiger partial charge < -0.3 is 5.11 Å². The van der Waals surface area contributed by atoms with E-state index < -0.39 is 5.97 Å². The van der Waals surface area contributed by atoms with E-state index in [1.54, 1.807) is 0 Å². The minimum Gasteiger partial charge on any atom is -0.481 e. The number of aliphatic carboxylic acids is 1. The molecule has 118 valence electrons. The van der Waals surface area contributed by atoms with Gasteiger partial charge in [-0.25, -0.2) is 0 Å². The summed E-state index contributed by atoms with van der Waals surface area (Å²) in [6.07, 6.45) is 9.26. The van der Waals surface area contributed by atoms with Gasteiger partial charge >= 0.3 is 5.97 Å². The summed E-state index contributed by atoms with van der Waals surface area (Å²) in [5.41, 5.74) is 1.26. The van der Waals surface area contributed by atoms with Gasteiger partial charge in [-0.1, -0.05) is 42.5 Å². The Morgan fingerprint density at radius 3 is 2.73 bits per heavy atom. The minimum absolute atomic E-state index is 0.231. The summed E-state index contributed by atoms with van der Waals surface area (Å²) in [5, 5.41) is 8.60. The van der Waals surface area contributed by atoms with Crippen molar-refractivity contribution in [1.29, 1.82) is 0 Å². The van der Waals surface area contributed by atoms with E-state index in [1.165, 1.54) is 5.56 Å². The SMILES string of the molecule is O=C(O)CCC/C=C\CC1CCC(=O)CC1c1ccccc1. The first-order chi connectivity index (χ1) is 10.7. The van der Waals surface area contributed by atoms with Crippen LogP contribution in [-0.2, 0) is 9.59 Å². The molecule has 1 N–H and O–H groups in total. The molecule has 3 heteroatoms. The monoisotopic (exact) mass is 300 g/mol. The van der Waals surface area contributed by atoms with Gasteiger partial charge in [0.25, 0.3) is 0 Å². The number of carbonyl (C=O) groups is 2. The number of hydrogen-bond acceptors (Lipinski definition) is 2. The Hall–Kier alpha value is -1.90. The Bertz CT molecular complexity index is 519. The standard InChI is InChI=1S/C19H24O3/c20-17-13-12-16(10-4-1-2-7-11-19(21)22)18(14-17)15-8-5-3-6-9-15/h1,3-6,8-9,16,18H,2,7,10-14H2,(H,21,22)/b4-1-. The van der Waals surface area contributed by atoms with Gasteiger partial charge in [-0.15, -0.1) is 0 Å². The molecular weight excluding hydrogens is 276 g/mol. The Balaban J connectivity index is 1.88. The molecule has 0 aliphatic heterocycles. The van der Waals surface area contributed by atoms with Crippen molar-refractivity contribution >= 4 is 11.8 Å². The molecule has 1 saturated carbocycles. The van der Waals surface area contributed by atoms with Gasteiger partial charge in [0, 0.05) is 19.3 Å². The normalized spacial score (nSPS) is 22.1. The van der Waals surface area contributed by atoms with E-state index in [4.69, 9.17) is 5.11 Å². The summed E-state index contributed by atoms with van der Waals surface area (Å²) in [5.74, 6) is 0.473. The molecule has 0 bridgehead atoms. The lowest BCUT2D eigenvalue weighted by Crippen LogP contribution is -2.23. The summed E-state index contributed by atoms with van der Waals surface area (Å²) < 4.78 is 0. The van der Waals surface area contributed by atoms with Crippen molar-refractivity contribution in [1.82, 2.24) is 0 Å². The van der Waals surface area contributed by atoms with E-state index in [0.717, 1.165) is 19.3 Å². The third-order valence-electron chi connectivity index (χ3n) is 4.41. The maximum Gasteiger partial charge on any atom is 0.303 e. The van der Waals surface area contributed by atoms with Crippen LogP contribution in [0, 0.1) is 5.92 Å². The molecule has 1 aliphatic rings. The molecule has 2 rings (SSSR count). The van der Waals surface area contributed by atoms with Crippen LogP contribution in [0.1, 0.15) is 56.4 Å². The summed E-state index contributed by atoms with van der Waals surface area (Å²) in [4.78, 5) is 22.3. The van der Waals surface area contributed by atoms with Crippen molar-refractivity contribution in [2.75, 3.05) is 0 Å². The second-order valence-electron chi connectivity index (χ2n) is 6.05. The van der Waals surface area contributed by atoms with Crippen LogP contribution >= 0.6 is 0 Å². The number of rotatable bonds is 7. The average molecular weight is 300 g/mol. The Labute approximate surface area is 132 Å². The number of hydrogen-bond donors (Lipinski definition) is 1. The highest BCUT2D eigenvalue weighted by Gasteiger charge is 2.29. The van der Waals surface area contributed by atoms with Gasteiger partial charge in [0.2, 0.25) is 0 Å². The van der Waals surface area contributed by atoms with Crippen LogP contribution in [0.15, 0.2) is 42.5 Å². The molecule has 0 aromatic heterocycles. The van der Waals surface area contributed by atoms with Gasteiger partial charge in [-0.05, 0) is 43.1 Å². The van der Waals surface area contributed by atoms with Crippen LogP contribution in [-0.4, -0.2) is 16.9 Å². The molecule has 1 aromatic carbocycles. The van der Waals surface area contributed by atoms with E-state index >= 15 is 0 Å². The topological polar surface area (TPSA) is 54.4 Å². The fourth-order valence-electron chi connectivity index (χ4n) is 3.19. The van der Waals surface area contributed by atoms with E-state index in [2.05, 4.69) is 24.3 Å². The van der Waals surface area contributed by atoms with Crippen molar-refractivity contribution in [2.24, 2.45) is 5.92 Å². The molecular formula is C19H24O3. The van der Waals surface area contributed by atoms with Crippen LogP contribution in [0.3, 0.4) is 0 Å². The predicted molar refractivity (Wildman–Crippen MR) is 86.8 cm³/mol. The summed E-state index contributed by atoms with van der Waals surface area (Å²) >= 11 is 0. The lowest BCUT2D eigenvalue weighted by Gasteiger charge is -2.30. The van der Waals surface area contributed by atoms with Crippen molar-refractivity contribution < 1.29 is 14.7 Å². The summed E-state index contributed by atoms with van der Waals surface area (Å²) in [6, 6.07) is 10.3.